The van der Waals surface area contributed by atoms with Gasteiger partial charge in [-0.1, -0.05) is 30.3 Å². The van der Waals surface area contributed by atoms with E-state index in [1.165, 1.54) is 15.6 Å². The second kappa shape index (κ2) is 5.43. The smallest absolute Gasteiger partial charge is 0.120 e. The van der Waals surface area contributed by atoms with Crippen molar-refractivity contribution in [2.24, 2.45) is 5.73 Å². The standard InChI is InChI=1S/C16H15NOS/c17-9-12-4-3-5-14(8-12)18-10-13-11-19-16-7-2-1-6-15(13)16/h1-8,11H,9-10,17H2. The van der Waals surface area contributed by atoms with Crippen molar-refractivity contribution in [2.45, 2.75) is 13.2 Å². The molecule has 0 radical (unpaired) electrons. The number of hydrogen-bond acceptors (Lipinski definition) is 3. The van der Waals surface area contributed by atoms with Crippen LogP contribution in [0.2, 0.25) is 0 Å². The van der Waals surface area contributed by atoms with Crippen molar-refractivity contribution in [2.75, 3.05) is 0 Å². The summed E-state index contributed by atoms with van der Waals surface area (Å²) in [5.41, 5.74) is 7.96. The molecule has 0 bridgehead atoms. The first-order valence-electron chi connectivity index (χ1n) is 6.24. The van der Waals surface area contributed by atoms with E-state index in [0.29, 0.717) is 13.2 Å². The Labute approximate surface area is 116 Å². The zero-order valence-corrected chi connectivity index (χ0v) is 11.3. The Morgan fingerprint density at radius 2 is 1.95 bits per heavy atom. The van der Waals surface area contributed by atoms with Gasteiger partial charge in [0.1, 0.15) is 12.4 Å². The van der Waals surface area contributed by atoms with Gasteiger partial charge >= 0.3 is 0 Å². The molecule has 0 unspecified atom stereocenters. The van der Waals surface area contributed by atoms with Crippen LogP contribution >= 0.6 is 11.3 Å². The number of hydrogen-bond donors (Lipinski definition) is 1. The number of benzene rings is 2. The lowest BCUT2D eigenvalue weighted by atomic mass is 10.2. The largest absolute Gasteiger partial charge is 0.489 e. The zero-order chi connectivity index (χ0) is 13.1. The highest BCUT2D eigenvalue weighted by atomic mass is 32.1. The summed E-state index contributed by atoms with van der Waals surface area (Å²) in [6.45, 7) is 1.14. The fourth-order valence-corrected chi connectivity index (χ4v) is 3.02. The van der Waals surface area contributed by atoms with Gasteiger partial charge in [-0.25, -0.2) is 0 Å². The van der Waals surface area contributed by atoms with Crippen LogP contribution in [-0.2, 0) is 13.2 Å². The molecule has 2 nitrogen and oxygen atoms in total. The Balaban J connectivity index is 1.78. The first kappa shape index (κ1) is 12.2. The maximum Gasteiger partial charge on any atom is 0.120 e. The molecule has 0 fully saturated rings. The van der Waals surface area contributed by atoms with Crippen LogP contribution in [0.5, 0.6) is 5.75 Å². The van der Waals surface area contributed by atoms with Gasteiger partial charge in [-0.15, -0.1) is 11.3 Å². The van der Waals surface area contributed by atoms with Gasteiger partial charge in [0.2, 0.25) is 0 Å². The van der Waals surface area contributed by atoms with E-state index < -0.39 is 0 Å². The molecule has 0 aliphatic heterocycles. The summed E-state index contributed by atoms with van der Waals surface area (Å²) < 4.78 is 7.15. The van der Waals surface area contributed by atoms with Crippen LogP contribution in [0.1, 0.15) is 11.1 Å². The number of ether oxygens (including phenoxy) is 1. The number of rotatable bonds is 4. The van der Waals surface area contributed by atoms with Crippen LogP contribution < -0.4 is 10.5 Å². The Morgan fingerprint density at radius 3 is 2.84 bits per heavy atom. The second-order valence-electron chi connectivity index (χ2n) is 4.40. The quantitative estimate of drug-likeness (QED) is 0.778. The van der Waals surface area contributed by atoms with E-state index in [2.05, 4.69) is 29.6 Å². The summed E-state index contributed by atoms with van der Waals surface area (Å²) in [7, 11) is 0. The normalized spacial score (nSPS) is 10.8. The van der Waals surface area contributed by atoms with Crippen LogP contribution in [0.3, 0.4) is 0 Å². The molecule has 0 saturated heterocycles. The van der Waals surface area contributed by atoms with E-state index in [1.54, 1.807) is 11.3 Å². The molecule has 1 aromatic heterocycles. The van der Waals surface area contributed by atoms with Gasteiger partial charge in [-0.3, -0.25) is 0 Å². The van der Waals surface area contributed by atoms with Crippen LogP contribution in [0.15, 0.2) is 53.9 Å². The maximum atomic E-state index is 5.85. The summed E-state index contributed by atoms with van der Waals surface area (Å²) in [4.78, 5) is 0. The lowest BCUT2D eigenvalue weighted by Crippen LogP contribution is -1.98. The number of fused-ring (bicyclic) bond motifs is 1. The van der Waals surface area contributed by atoms with Gasteiger partial charge in [-0.05, 0) is 34.5 Å². The zero-order valence-electron chi connectivity index (χ0n) is 10.5. The molecule has 2 N–H and O–H groups in total. The predicted octanol–water partition coefficient (Wildman–Crippen LogP) is 3.94. The lowest BCUT2D eigenvalue weighted by Gasteiger charge is -2.07. The third-order valence-electron chi connectivity index (χ3n) is 3.09. The van der Waals surface area contributed by atoms with Crippen LogP contribution in [-0.4, -0.2) is 0 Å². The fourth-order valence-electron chi connectivity index (χ4n) is 2.07. The first-order chi connectivity index (χ1) is 9.36. The predicted molar refractivity (Wildman–Crippen MR) is 80.5 cm³/mol. The van der Waals surface area contributed by atoms with Gasteiger partial charge in [0, 0.05) is 16.8 Å². The van der Waals surface area contributed by atoms with Gasteiger partial charge in [0.15, 0.2) is 0 Å². The maximum absolute atomic E-state index is 5.85. The van der Waals surface area contributed by atoms with E-state index in [0.717, 1.165) is 11.3 Å². The van der Waals surface area contributed by atoms with E-state index in [4.69, 9.17) is 10.5 Å². The van der Waals surface area contributed by atoms with Crippen molar-refractivity contribution < 1.29 is 4.74 Å². The highest BCUT2D eigenvalue weighted by molar-refractivity contribution is 7.17. The van der Waals surface area contributed by atoms with Gasteiger partial charge < -0.3 is 10.5 Å². The molecule has 3 rings (SSSR count). The molecule has 0 amide bonds. The minimum atomic E-state index is 0.540. The second-order valence-corrected chi connectivity index (χ2v) is 5.31. The van der Waals surface area contributed by atoms with Crippen LogP contribution in [0.25, 0.3) is 10.1 Å². The highest BCUT2D eigenvalue weighted by Crippen LogP contribution is 2.26. The van der Waals surface area contributed by atoms with Crippen molar-refractivity contribution in [1.29, 1.82) is 0 Å². The van der Waals surface area contributed by atoms with Gasteiger partial charge in [0.05, 0.1) is 0 Å². The molecule has 0 aliphatic carbocycles. The summed E-state index contributed by atoms with van der Waals surface area (Å²) in [6, 6.07) is 16.3. The minimum absolute atomic E-state index is 0.540. The van der Waals surface area contributed by atoms with E-state index in [9.17, 15) is 0 Å². The average Bonchev–Trinajstić information content (AvgIpc) is 2.89. The minimum Gasteiger partial charge on any atom is -0.489 e. The Kier molecular flexibility index (Phi) is 3.49. The summed E-state index contributed by atoms with van der Waals surface area (Å²) in [5.74, 6) is 0.873. The third-order valence-corrected chi connectivity index (χ3v) is 4.10. The van der Waals surface area contributed by atoms with E-state index >= 15 is 0 Å². The number of thiophene rings is 1. The van der Waals surface area contributed by atoms with E-state index in [1.807, 2.05) is 24.3 Å². The first-order valence-corrected chi connectivity index (χ1v) is 7.12. The van der Waals surface area contributed by atoms with Crippen LogP contribution in [0, 0.1) is 0 Å². The number of nitrogens with two attached hydrogens (primary N) is 1. The van der Waals surface area contributed by atoms with Crippen LogP contribution in [0.4, 0.5) is 0 Å². The molecule has 1 heterocycles. The van der Waals surface area contributed by atoms with Gasteiger partial charge in [-0.2, -0.15) is 0 Å². The lowest BCUT2D eigenvalue weighted by molar-refractivity contribution is 0.308. The SMILES string of the molecule is NCc1cccc(OCc2csc3ccccc23)c1. The molecule has 0 spiro atoms. The molecule has 3 heteroatoms. The summed E-state index contributed by atoms with van der Waals surface area (Å²) in [6.07, 6.45) is 0. The fraction of sp³-hybridized carbons (Fsp3) is 0.125. The average molecular weight is 269 g/mol. The Hall–Kier alpha value is -1.84. The van der Waals surface area contributed by atoms with Crippen molar-refractivity contribution >= 4 is 21.4 Å². The molecule has 19 heavy (non-hydrogen) atoms. The van der Waals surface area contributed by atoms with E-state index in [-0.39, 0.29) is 0 Å². The third kappa shape index (κ3) is 2.62. The van der Waals surface area contributed by atoms with Crippen molar-refractivity contribution in [1.82, 2.24) is 0 Å². The van der Waals surface area contributed by atoms with Gasteiger partial charge in [0.25, 0.3) is 0 Å². The van der Waals surface area contributed by atoms with Crippen molar-refractivity contribution in [3.05, 3.63) is 65.0 Å². The molecular weight excluding hydrogens is 254 g/mol. The Morgan fingerprint density at radius 1 is 1.05 bits per heavy atom. The summed E-state index contributed by atoms with van der Waals surface area (Å²) in [5, 5.41) is 3.44. The summed E-state index contributed by atoms with van der Waals surface area (Å²) >= 11 is 1.76. The molecule has 0 aliphatic rings. The molecule has 2 aromatic carbocycles. The monoisotopic (exact) mass is 269 g/mol. The highest BCUT2D eigenvalue weighted by Gasteiger charge is 2.04. The molecule has 0 atom stereocenters. The molecule has 3 aromatic rings. The van der Waals surface area contributed by atoms with Crippen molar-refractivity contribution in [3.63, 3.8) is 0 Å². The molecule has 96 valence electrons. The Bertz CT molecular complexity index is 690. The topological polar surface area (TPSA) is 35.2 Å². The van der Waals surface area contributed by atoms with Crippen molar-refractivity contribution in [3.8, 4) is 5.75 Å². The molecule has 0 saturated carbocycles. The molecular formula is C16H15NOS.